The van der Waals surface area contributed by atoms with E-state index in [0.29, 0.717) is 12.2 Å². The largest absolute Gasteiger partial charge is 0.340 e. The molecule has 1 aromatic heterocycles. The highest BCUT2D eigenvalue weighted by atomic mass is 32.1. The zero-order valence-electron chi connectivity index (χ0n) is 10.0. The average Bonchev–Trinajstić information content (AvgIpc) is 2.86. The van der Waals surface area contributed by atoms with Crippen LogP contribution >= 0.6 is 12.2 Å². The molecule has 3 rings (SSSR count). The van der Waals surface area contributed by atoms with Gasteiger partial charge in [0.2, 0.25) is 0 Å². The first-order valence-electron chi connectivity index (χ1n) is 5.88. The molecule has 1 heterocycles. The van der Waals surface area contributed by atoms with Crippen LogP contribution in [0.3, 0.4) is 0 Å². The van der Waals surface area contributed by atoms with Gasteiger partial charge < -0.3 is 0 Å². The highest BCUT2D eigenvalue weighted by molar-refractivity contribution is 7.80. The summed E-state index contributed by atoms with van der Waals surface area (Å²) in [6.07, 6.45) is 4.51. The smallest absolute Gasteiger partial charge is 0.289 e. The van der Waals surface area contributed by atoms with Crippen LogP contribution in [0.1, 0.15) is 17.8 Å². The van der Waals surface area contributed by atoms with E-state index in [1.165, 1.54) is 0 Å². The van der Waals surface area contributed by atoms with Crippen LogP contribution in [-0.2, 0) is 0 Å². The molecule has 94 valence electrons. The number of benzene rings is 1. The van der Waals surface area contributed by atoms with Crippen LogP contribution in [0.25, 0.3) is 11.1 Å². The maximum Gasteiger partial charge on any atom is 0.340 e. The number of nitrogens with zero attached hydrogens (tertiary/aromatic N) is 1. The molecular formula is C14H11N3OS. The van der Waals surface area contributed by atoms with Crippen LogP contribution < -0.4 is 5.69 Å². The van der Waals surface area contributed by atoms with Gasteiger partial charge in [0, 0.05) is 16.9 Å². The fourth-order valence-corrected chi connectivity index (χ4v) is 2.33. The summed E-state index contributed by atoms with van der Waals surface area (Å²) in [4.78, 5) is 14.7. The predicted molar refractivity (Wildman–Crippen MR) is 78.8 cm³/mol. The fourth-order valence-electron chi connectivity index (χ4n) is 2.12. The summed E-state index contributed by atoms with van der Waals surface area (Å²) in [5.74, 6) is 0.551. The van der Waals surface area contributed by atoms with Gasteiger partial charge in [-0.2, -0.15) is 5.10 Å². The fraction of sp³-hybridized carbons (Fsp3) is 0.0714. The van der Waals surface area contributed by atoms with Crippen molar-refractivity contribution in [2.24, 2.45) is 0 Å². The van der Waals surface area contributed by atoms with E-state index >= 15 is 0 Å². The van der Waals surface area contributed by atoms with Crippen molar-refractivity contribution in [3.05, 3.63) is 64.4 Å². The van der Waals surface area contributed by atoms with Gasteiger partial charge in [-0.1, -0.05) is 48.6 Å². The molecule has 0 atom stereocenters. The molecule has 0 radical (unpaired) electrons. The lowest BCUT2D eigenvalue weighted by molar-refractivity contribution is 1.04. The number of H-pyrrole nitrogens is 2. The van der Waals surface area contributed by atoms with Crippen molar-refractivity contribution in [3.8, 4) is 0 Å². The molecule has 2 N–H and O–H groups in total. The maximum absolute atomic E-state index is 11.2. The lowest BCUT2D eigenvalue weighted by Crippen LogP contribution is -2.05. The summed E-state index contributed by atoms with van der Waals surface area (Å²) < 4.78 is 0. The standard InChI is InChI=1S/C14H11N3OS/c18-14-15-13(16-17-14)12-8-10(19)6-7-11(12)9-4-2-1-3-5-9/h1-7H,8H2,(H2,15,16,17,18). The quantitative estimate of drug-likeness (QED) is 0.823. The first kappa shape index (κ1) is 11.8. The van der Waals surface area contributed by atoms with Gasteiger partial charge in [-0.05, 0) is 17.2 Å². The lowest BCUT2D eigenvalue weighted by atomic mass is 9.92. The summed E-state index contributed by atoms with van der Waals surface area (Å²) in [6.45, 7) is 0. The summed E-state index contributed by atoms with van der Waals surface area (Å²) in [7, 11) is 0. The number of aromatic amines is 2. The molecule has 1 aromatic carbocycles. The van der Waals surface area contributed by atoms with Gasteiger partial charge in [-0.25, -0.2) is 9.89 Å². The molecule has 0 bridgehead atoms. The number of rotatable bonds is 2. The van der Waals surface area contributed by atoms with Crippen LogP contribution in [0.2, 0.25) is 0 Å². The number of hydrogen-bond donors (Lipinski definition) is 2. The van der Waals surface area contributed by atoms with Crippen molar-refractivity contribution in [1.82, 2.24) is 15.2 Å². The third-order valence-electron chi connectivity index (χ3n) is 2.98. The summed E-state index contributed by atoms with van der Waals surface area (Å²) in [5.41, 5.74) is 2.75. The molecule has 0 unspecified atom stereocenters. The highest BCUT2D eigenvalue weighted by Gasteiger charge is 2.17. The maximum atomic E-state index is 11.2. The minimum Gasteiger partial charge on any atom is -0.289 e. The van der Waals surface area contributed by atoms with Gasteiger partial charge in [-0.3, -0.25) is 4.98 Å². The number of hydrogen-bond acceptors (Lipinski definition) is 3. The topological polar surface area (TPSA) is 61.5 Å². The molecular weight excluding hydrogens is 258 g/mol. The summed E-state index contributed by atoms with van der Waals surface area (Å²) in [6, 6.07) is 9.98. The Labute approximate surface area is 114 Å². The monoisotopic (exact) mass is 269 g/mol. The minimum atomic E-state index is -0.310. The molecule has 0 saturated carbocycles. The Hall–Kier alpha value is -2.27. The number of nitrogens with one attached hydrogen (secondary N) is 2. The normalized spacial score (nSPS) is 15.1. The molecule has 0 fully saturated rings. The lowest BCUT2D eigenvalue weighted by Gasteiger charge is -2.14. The number of thiocarbonyl (C=S) groups is 1. The molecule has 0 amide bonds. The first-order valence-corrected chi connectivity index (χ1v) is 6.29. The Morgan fingerprint density at radius 1 is 1.16 bits per heavy atom. The molecule has 4 nitrogen and oxygen atoms in total. The summed E-state index contributed by atoms with van der Waals surface area (Å²) >= 11 is 5.24. The SMILES string of the molecule is O=c1[nH]nc(C2=C(c3ccccc3)C=CC(=S)C2)[nH]1. The molecule has 1 aliphatic carbocycles. The van der Waals surface area contributed by atoms with E-state index in [1.54, 1.807) is 0 Å². The predicted octanol–water partition coefficient (Wildman–Crippen LogP) is 2.34. The van der Waals surface area contributed by atoms with Crippen LogP contribution in [0, 0.1) is 0 Å². The molecule has 1 aliphatic rings. The van der Waals surface area contributed by atoms with Gasteiger partial charge in [0.05, 0.1) is 0 Å². The molecule has 19 heavy (non-hydrogen) atoms. The van der Waals surface area contributed by atoms with E-state index in [0.717, 1.165) is 21.6 Å². The van der Waals surface area contributed by atoms with E-state index in [1.807, 2.05) is 42.5 Å². The zero-order valence-corrected chi connectivity index (χ0v) is 10.8. The van der Waals surface area contributed by atoms with Crippen molar-refractivity contribution >= 4 is 28.2 Å². The Balaban J connectivity index is 2.18. The van der Waals surface area contributed by atoms with Gasteiger partial charge in [0.25, 0.3) is 0 Å². The van der Waals surface area contributed by atoms with Gasteiger partial charge >= 0.3 is 5.69 Å². The minimum absolute atomic E-state index is 0.310. The molecule has 2 aromatic rings. The van der Waals surface area contributed by atoms with Crippen molar-refractivity contribution in [1.29, 1.82) is 0 Å². The van der Waals surface area contributed by atoms with Gasteiger partial charge in [0.15, 0.2) is 5.82 Å². The van der Waals surface area contributed by atoms with E-state index in [9.17, 15) is 4.79 Å². The molecule has 5 heteroatoms. The zero-order chi connectivity index (χ0) is 13.2. The second kappa shape index (κ2) is 4.78. The van der Waals surface area contributed by atoms with Crippen molar-refractivity contribution in [3.63, 3.8) is 0 Å². The van der Waals surface area contributed by atoms with Gasteiger partial charge in [-0.15, -0.1) is 0 Å². The van der Waals surface area contributed by atoms with Crippen LogP contribution in [-0.4, -0.2) is 20.0 Å². The van der Waals surface area contributed by atoms with Crippen molar-refractivity contribution < 1.29 is 0 Å². The van der Waals surface area contributed by atoms with E-state index < -0.39 is 0 Å². The third-order valence-corrected chi connectivity index (χ3v) is 3.26. The highest BCUT2D eigenvalue weighted by Crippen LogP contribution is 2.31. The molecule has 0 saturated heterocycles. The van der Waals surface area contributed by atoms with Crippen LogP contribution in [0.5, 0.6) is 0 Å². The third kappa shape index (κ3) is 2.32. The van der Waals surface area contributed by atoms with E-state index in [4.69, 9.17) is 12.2 Å². The summed E-state index contributed by atoms with van der Waals surface area (Å²) in [5, 5.41) is 6.40. The van der Waals surface area contributed by atoms with E-state index in [2.05, 4.69) is 15.2 Å². The molecule has 0 spiro atoms. The van der Waals surface area contributed by atoms with Crippen molar-refractivity contribution in [2.45, 2.75) is 6.42 Å². The van der Waals surface area contributed by atoms with Crippen LogP contribution in [0.15, 0.2) is 47.3 Å². The Morgan fingerprint density at radius 3 is 2.63 bits per heavy atom. The van der Waals surface area contributed by atoms with Crippen molar-refractivity contribution in [2.75, 3.05) is 0 Å². The second-order valence-corrected chi connectivity index (χ2v) is 4.79. The Bertz CT molecular complexity index is 737. The number of allylic oxidation sites excluding steroid dienone is 4. The van der Waals surface area contributed by atoms with E-state index in [-0.39, 0.29) is 5.69 Å². The Kier molecular flexibility index (Phi) is 2.97. The first-order chi connectivity index (χ1) is 9.24. The van der Waals surface area contributed by atoms with Gasteiger partial charge in [0.1, 0.15) is 0 Å². The second-order valence-electron chi connectivity index (χ2n) is 4.26. The van der Waals surface area contributed by atoms with Crippen LogP contribution in [0.4, 0.5) is 0 Å². The Morgan fingerprint density at radius 2 is 1.95 bits per heavy atom. The molecule has 0 aliphatic heterocycles. The number of aromatic nitrogens is 3. The average molecular weight is 269 g/mol.